The van der Waals surface area contributed by atoms with Crippen molar-refractivity contribution in [1.82, 2.24) is 0 Å². The van der Waals surface area contributed by atoms with E-state index in [1.807, 2.05) is 0 Å². The molecule has 0 fully saturated rings. The molecule has 0 heterocycles. The van der Waals surface area contributed by atoms with Crippen molar-refractivity contribution in [1.29, 1.82) is 0 Å². The maximum atomic E-state index is 13.3. The summed E-state index contributed by atoms with van der Waals surface area (Å²) in [6.45, 7) is 1.30. The van der Waals surface area contributed by atoms with Crippen LogP contribution in [0.2, 0.25) is 0 Å². The van der Waals surface area contributed by atoms with E-state index in [1.54, 1.807) is 0 Å². The molecular formula is C10H12FNO3. The van der Waals surface area contributed by atoms with Crippen molar-refractivity contribution in [3.05, 3.63) is 29.6 Å². The highest BCUT2D eigenvalue weighted by Gasteiger charge is 2.30. The number of ether oxygens (including phenoxy) is 1. The first kappa shape index (κ1) is 11.5. The van der Waals surface area contributed by atoms with Crippen LogP contribution in [0, 0.1) is 5.82 Å². The molecule has 1 atom stereocenters. The van der Waals surface area contributed by atoms with Gasteiger partial charge in [-0.25, -0.2) is 9.18 Å². The normalized spacial score (nSPS) is 14.4. The Kier molecular flexibility index (Phi) is 2.95. The van der Waals surface area contributed by atoms with Gasteiger partial charge in [0.25, 0.3) is 0 Å². The molecule has 5 heteroatoms. The fraction of sp³-hybridized carbons (Fsp3) is 0.300. The molecule has 1 aromatic rings. The van der Waals surface area contributed by atoms with Gasteiger partial charge in [0.2, 0.25) is 0 Å². The molecule has 1 rings (SSSR count). The highest BCUT2D eigenvalue weighted by atomic mass is 19.1. The van der Waals surface area contributed by atoms with Crippen molar-refractivity contribution in [3.8, 4) is 5.75 Å². The third-order valence-electron chi connectivity index (χ3n) is 2.20. The van der Waals surface area contributed by atoms with Gasteiger partial charge in [0.05, 0.1) is 7.11 Å². The van der Waals surface area contributed by atoms with E-state index in [4.69, 9.17) is 15.6 Å². The second-order valence-electron chi connectivity index (χ2n) is 3.36. The maximum Gasteiger partial charge on any atom is 0.328 e. The molecule has 4 nitrogen and oxygen atoms in total. The van der Waals surface area contributed by atoms with Gasteiger partial charge >= 0.3 is 5.97 Å². The van der Waals surface area contributed by atoms with E-state index < -0.39 is 17.3 Å². The predicted octanol–water partition coefficient (Wildman–Crippen LogP) is 1.09. The molecule has 15 heavy (non-hydrogen) atoms. The number of aliphatic carboxylic acids is 1. The van der Waals surface area contributed by atoms with E-state index in [-0.39, 0.29) is 11.3 Å². The topological polar surface area (TPSA) is 72.5 Å². The second-order valence-corrected chi connectivity index (χ2v) is 3.36. The summed E-state index contributed by atoms with van der Waals surface area (Å²) < 4.78 is 18.0. The van der Waals surface area contributed by atoms with Crippen molar-refractivity contribution >= 4 is 5.97 Å². The van der Waals surface area contributed by atoms with Crippen LogP contribution in [-0.4, -0.2) is 18.2 Å². The highest BCUT2D eigenvalue weighted by molar-refractivity contribution is 5.79. The standard InChI is InChI=1S/C10H12FNO3/c1-10(12,9(13)14)6-3-4-8(15-2)7(11)5-6/h3-5H,12H2,1-2H3,(H,13,14). The van der Waals surface area contributed by atoms with Gasteiger partial charge in [-0.3, -0.25) is 0 Å². The van der Waals surface area contributed by atoms with Crippen LogP contribution in [0.3, 0.4) is 0 Å². The van der Waals surface area contributed by atoms with Crippen LogP contribution in [0.15, 0.2) is 18.2 Å². The van der Waals surface area contributed by atoms with Gasteiger partial charge in [-0.15, -0.1) is 0 Å². The number of carbonyl (C=O) groups is 1. The summed E-state index contributed by atoms with van der Waals surface area (Å²) in [7, 11) is 1.33. The number of carboxylic acids is 1. The van der Waals surface area contributed by atoms with E-state index >= 15 is 0 Å². The summed E-state index contributed by atoms with van der Waals surface area (Å²) in [5, 5.41) is 8.83. The van der Waals surface area contributed by atoms with Crippen LogP contribution in [0.25, 0.3) is 0 Å². The quantitative estimate of drug-likeness (QED) is 0.788. The minimum absolute atomic E-state index is 0.0555. The Balaban J connectivity index is 3.18. The van der Waals surface area contributed by atoms with Crippen LogP contribution < -0.4 is 10.5 Å². The lowest BCUT2D eigenvalue weighted by Gasteiger charge is -2.19. The summed E-state index contributed by atoms with van der Waals surface area (Å²) in [6, 6.07) is 3.84. The lowest BCUT2D eigenvalue weighted by atomic mass is 9.93. The Morgan fingerprint density at radius 2 is 2.20 bits per heavy atom. The zero-order valence-corrected chi connectivity index (χ0v) is 8.45. The van der Waals surface area contributed by atoms with Crippen LogP contribution in [0.4, 0.5) is 4.39 Å². The molecule has 1 aromatic carbocycles. The Morgan fingerprint density at radius 3 is 2.60 bits per heavy atom. The molecule has 82 valence electrons. The summed E-state index contributed by atoms with van der Waals surface area (Å²) >= 11 is 0. The number of nitrogens with two attached hydrogens (primary N) is 1. The molecule has 0 aromatic heterocycles. The van der Waals surface area contributed by atoms with Crippen LogP contribution >= 0.6 is 0 Å². The van der Waals surface area contributed by atoms with Crippen molar-refractivity contribution in [2.24, 2.45) is 5.73 Å². The fourth-order valence-corrected chi connectivity index (χ4v) is 1.11. The molecule has 0 amide bonds. The van der Waals surface area contributed by atoms with Gasteiger partial charge in [0.1, 0.15) is 5.54 Å². The number of carboxylic acid groups (broad SMARTS) is 1. The molecule has 0 aliphatic heterocycles. The van der Waals surface area contributed by atoms with Crippen molar-refractivity contribution in [2.45, 2.75) is 12.5 Å². The zero-order valence-electron chi connectivity index (χ0n) is 8.45. The Morgan fingerprint density at radius 1 is 1.60 bits per heavy atom. The number of hydrogen-bond donors (Lipinski definition) is 2. The summed E-state index contributed by atoms with van der Waals surface area (Å²) in [6.07, 6.45) is 0. The Bertz CT molecular complexity index is 390. The summed E-state index contributed by atoms with van der Waals surface area (Å²) in [5.41, 5.74) is 4.12. The van der Waals surface area contributed by atoms with Crippen LogP contribution in [-0.2, 0) is 10.3 Å². The van der Waals surface area contributed by atoms with E-state index in [9.17, 15) is 9.18 Å². The minimum Gasteiger partial charge on any atom is -0.494 e. The van der Waals surface area contributed by atoms with Crippen molar-refractivity contribution < 1.29 is 19.0 Å². The molecule has 0 aliphatic rings. The van der Waals surface area contributed by atoms with E-state index in [1.165, 1.54) is 26.2 Å². The van der Waals surface area contributed by atoms with Crippen molar-refractivity contribution in [3.63, 3.8) is 0 Å². The molecule has 0 bridgehead atoms. The SMILES string of the molecule is COc1ccc(C(C)(N)C(=O)O)cc1F. The number of halogens is 1. The number of hydrogen-bond acceptors (Lipinski definition) is 3. The fourth-order valence-electron chi connectivity index (χ4n) is 1.11. The lowest BCUT2D eigenvalue weighted by Crippen LogP contribution is -2.41. The first-order valence-electron chi connectivity index (χ1n) is 4.26. The third-order valence-corrected chi connectivity index (χ3v) is 2.20. The Labute approximate surface area is 86.5 Å². The Hall–Kier alpha value is -1.62. The molecule has 0 saturated heterocycles. The van der Waals surface area contributed by atoms with Gasteiger partial charge in [-0.2, -0.15) is 0 Å². The third kappa shape index (κ3) is 2.07. The molecule has 0 radical (unpaired) electrons. The summed E-state index contributed by atoms with van der Waals surface area (Å²) in [5.74, 6) is -1.79. The predicted molar refractivity (Wildman–Crippen MR) is 52.1 cm³/mol. The van der Waals surface area contributed by atoms with Gasteiger partial charge in [0.15, 0.2) is 11.6 Å². The summed E-state index contributed by atoms with van der Waals surface area (Å²) in [4.78, 5) is 10.8. The van der Waals surface area contributed by atoms with E-state index in [0.29, 0.717) is 0 Å². The zero-order chi connectivity index (χ0) is 11.6. The van der Waals surface area contributed by atoms with Gasteiger partial charge in [-0.05, 0) is 24.6 Å². The van der Waals surface area contributed by atoms with Gasteiger partial charge < -0.3 is 15.6 Å². The van der Waals surface area contributed by atoms with Crippen LogP contribution in [0.5, 0.6) is 5.75 Å². The molecular weight excluding hydrogens is 201 g/mol. The van der Waals surface area contributed by atoms with E-state index in [2.05, 4.69) is 0 Å². The molecule has 0 saturated carbocycles. The average molecular weight is 213 g/mol. The number of rotatable bonds is 3. The van der Waals surface area contributed by atoms with E-state index in [0.717, 1.165) is 6.07 Å². The first-order valence-corrected chi connectivity index (χ1v) is 4.26. The monoisotopic (exact) mass is 213 g/mol. The molecule has 0 spiro atoms. The maximum absolute atomic E-state index is 13.3. The minimum atomic E-state index is -1.60. The molecule has 1 unspecified atom stereocenters. The number of benzene rings is 1. The van der Waals surface area contributed by atoms with Gasteiger partial charge in [-0.1, -0.05) is 6.07 Å². The first-order chi connectivity index (χ1) is 6.89. The largest absolute Gasteiger partial charge is 0.494 e. The second kappa shape index (κ2) is 3.86. The molecule has 0 aliphatic carbocycles. The van der Waals surface area contributed by atoms with Gasteiger partial charge in [0, 0.05) is 0 Å². The number of methoxy groups -OCH3 is 1. The smallest absolute Gasteiger partial charge is 0.328 e. The lowest BCUT2D eigenvalue weighted by molar-refractivity contribution is -0.143. The average Bonchev–Trinajstić information content (AvgIpc) is 2.17. The van der Waals surface area contributed by atoms with Crippen molar-refractivity contribution in [2.75, 3.05) is 7.11 Å². The van der Waals surface area contributed by atoms with Crippen LogP contribution in [0.1, 0.15) is 12.5 Å². The highest BCUT2D eigenvalue weighted by Crippen LogP contribution is 2.24. The molecule has 3 N–H and O–H groups in total.